The van der Waals surface area contributed by atoms with Crippen LogP contribution < -0.4 is 19.5 Å². The monoisotopic (exact) mass is 424 g/mol. The van der Waals surface area contributed by atoms with E-state index in [2.05, 4.69) is 5.32 Å². The van der Waals surface area contributed by atoms with Gasteiger partial charge in [0.25, 0.3) is 11.8 Å². The third kappa shape index (κ3) is 5.03. The number of hydrogen-bond acceptors (Lipinski definition) is 6. The minimum atomic E-state index is -0.775. The Kier molecular flexibility index (Phi) is 6.92. The predicted octanol–water partition coefficient (Wildman–Crippen LogP) is 3.15. The SMILES string of the molecule is CCCOc1ccc(CN2C(=O)NC(=O)/C(=C/c3cccc(OC)c3)C2=O)cc1OC. The van der Waals surface area contributed by atoms with Crippen LogP contribution in [0.4, 0.5) is 4.79 Å². The van der Waals surface area contributed by atoms with E-state index in [1.165, 1.54) is 20.3 Å². The molecule has 1 heterocycles. The summed E-state index contributed by atoms with van der Waals surface area (Å²) in [4.78, 5) is 38.6. The lowest BCUT2D eigenvalue weighted by molar-refractivity contribution is -0.130. The number of methoxy groups -OCH3 is 2. The highest BCUT2D eigenvalue weighted by Crippen LogP contribution is 2.29. The van der Waals surface area contributed by atoms with E-state index in [-0.39, 0.29) is 12.1 Å². The predicted molar refractivity (Wildman–Crippen MR) is 114 cm³/mol. The Morgan fingerprint density at radius 3 is 2.52 bits per heavy atom. The summed E-state index contributed by atoms with van der Waals surface area (Å²) < 4.78 is 16.2. The summed E-state index contributed by atoms with van der Waals surface area (Å²) in [6, 6.07) is 11.3. The Morgan fingerprint density at radius 2 is 1.81 bits per heavy atom. The molecule has 0 saturated carbocycles. The molecule has 0 radical (unpaired) electrons. The van der Waals surface area contributed by atoms with Gasteiger partial charge in [-0.1, -0.05) is 25.1 Å². The van der Waals surface area contributed by atoms with Gasteiger partial charge in [0, 0.05) is 0 Å². The topological polar surface area (TPSA) is 94.2 Å². The number of benzene rings is 2. The van der Waals surface area contributed by atoms with Gasteiger partial charge in [0.2, 0.25) is 0 Å². The van der Waals surface area contributed by atoms with Gasteiger partial charge >= 0.3 is 6.03 Å². The fraction of sp³-hybridized carbons (Fsp3) is 0.261. The standard InChI is InChI=1S/C23H24N2O6/c1-4-10-31-19-9-8-16(13-20(19)30-3)14-25-22(27)18(21(26)24-23(25)28)12-15-6-5-7-17(11-15)29-2/h5-9,11-13H,4,10,14H2,1-3H3,(H,24,26,28)/b18-12-. The summed E-state index contributed by atoms with van der Waals surface area (Å²) in [6.07, 6.45) is 2.28. The molecule has 0 aliphatic carbocycles. The van der Waals surface area contributed by atoms with Crippen molar-refractivity contribution in [3.05, 3.63) is 59.2 Å². The van der Waals surface area contributed by atoms with Crippen molar-refractivity contribution in [3.63, 3.8) is 0 Å². The number of nitrogens with one attached hydrogen (secondary N) is 1. The molecule has 0 unspecified atom stereocenters. The summed E-state index contributed by atoms with van der Waals surface area (Å²) in [5.41, 5.74) is 1.12. The molecule has 1 N–H and O–H groups in total. The van der Waals surface area contributed by atoms with Gasteiger partial charge in [-0.15, -0.1) is 0 Å². The fourth-order valence-corrected chi connectivity index (χ4v) is 3.06. The largest absolute Gasteiger partial charge is 0.497 e. The Morgan fingerprint density at radius 1 is 1.00 bits per heavy atom. The zero-order chi connectivity index (χ0) is 22.4. The molecule has 2 aromatic rings. The second-order valence-corrected chi connectivity index (χ2v) is 6.82. The third-order valence-electron chi connectivity index (χ3n) is 4.62. The Bertz CT molecular complexity index is 1030. The van der Waals surface area contributed by atoms with Crippen molar-refractivity contribution in [2.24, 2.45) is 0 Å². The zero-order valence-corrected chi connectivity index (χ0v) is 17.6. The molecule has 1 saturated heterocycles. The quantitative estimate of drug-likeness (QED) is 0.517. The van der Waals surface area contributed by atoms with Crippen LogP contribution in [0.1, 0.15) is 24.5 Å². The maximum absolute atomic E-state index is 13.0. The second kappa shape index (κ2) is 9.80. The van der Waals surface area contributed by atoms with Gasteiger partial charge in [0.15, 0.2) is 11.5 Å². The molecule has 0 atom stereocenters. The van der Waals surface area contributed by atoms with Crippen molar-refractivity contribution in [1.82, 2.24) is 10.2 Å². The van der Waals surface area contributed by atoms with E-state index >= 15 is 0 Å². The van der Waals surface area contributed by atoms with E-state index < -0.39 is 17.8 Å². The van der Waals surface area contributed by atoms with Gasteiger partial charge < -0.3 is 14.2 Å². The fourth-order valence-electron chi connectivity index (χ4n) is 3.06. The third-order valence-corrected chi connectivity index (χ3v) is 4.62. The Labute approximate surface area is 180 Å². The molecule has 1 fully saturated rings. The minimum absolute atomic E-state index is 0.0299. The molecular formula is C23H24N2O6. The molecule has 0 bridgehead atoms. The smallest absolute Gasteiger partial charge is 0.331 e. The van der Waals surface area contributed by atoms with E-state index in [1.54, 1.807) is 42.5 Å². The number of urea groups is 1. The van der Waals surface area contributed by atoms with Crippen molar-refractivity contribution >= 4 is 23.9 Å². The Balaban J connectivity index is 1.85. The molecule has 162 valence electrons. The first-order valence-electron chi connectivity index (χ1n) is 9.79. The van der Waals surface area contributed by atoms with Crippen LogP contribution in [-0.2, 0) is 16.1 Å². The lowest BCUT2D eigenvalue weighted by Gasteiger charge is -2.26. The number of barbiturate groups is 1. The molecule has 8 nitrogen and oxygen atoms in total. The summed E-state index contributed by atoms with van der Waals surface area (Å²) in [7, 11) is 3.04. The number of imide groups is 2. The lowest BCUT2D eigenvalue weighted by Crippen LogP contribution is -2.53. The van der Waals surface area contributed by atoms with Gasteiger partial charge in [-0.3, -0.25) is 19.8 Å². The highest BCUT2D eigenvalue weighted by atomic mass is 16.5. The van der Waals surface area contributed by atoms with Crippen LogP contribution in [0.5, 0.6) is 17.2 Å². The maximum Gasteiger partial charge on any atom is 0.331 e. The average Bonchev–Trinajstić information content (AvgIpc) is 2.78. The summed E-state index contributed by atoms with van der Waals surface area (Å²) in [5.74, 6) is 0.246. The number of amides is 4. The van der Waals surface area contributed by atoms with Gasteiger partial charge in [-0.05, 0) is 47.9 Å². The molecular weight excluding hydrogens is 400 g/mol. The van der Waals surface area contributed by atoms with Crippen molar-refractivity contribution in [2.75, 3.05) is 20.8 Å². The highest BCUT2D eigenvalue weighted by Gasteiger charge is 2.35. The van der Waals surface area contributed by atoms with Crippen LogP contribution in [0.2, 0.25) is 0 Å². The van der Waals surface area contributed by atoms with Crippen LogP contribution in [0.3, 0.4) is 0 Å². The first-order valence-corrected chi connectivity index (χ1v) is 9.79. The van der Waals surface area contributed by atoms with Crippen molar-refractivity contribution in [1.29, 1.82) is 0 Å². The highest BCUT2D eigenvalue weighted by molar-refractivity contribution is 6.30. The number of rotatable bonds is 8. The van der Waals surface area contributed by atoms with Gasteiger partial charge in [-0.2, -0.15) is 0 Å². The van der Waals surface area contributed by atoms with Crippen LogP contribution >= 0.6 is 0 Å². The van der Waals surface area contributed by atoms with Gasteiger partial charge in [0.1, 0.15) is 11.3 Å². The van der Waals surface area contributed by atoms with Crippen molar-refractivity contribution < 1.29 is 28.6 Å². The number of ether oxygens (including phenoxy) is 3. The normalized spacial score (nSPS) is 15.1. The number of carbonyl (C=O) groups excluding carboxylic acids is 3. The average molecular weight is 424 g/mol. The number of carbonyl (C=O) groups is 3. The first kappa shape index (κ1) is 21.9. The van der Waals surface area contributed by atoms with E-state index in [0.717, 1.165) is 11.3 Å². The first-order chi connectivity index (χ1) is 15.0. The molecule has 0 spiro atoms. The van der Waals surface area contributed by atoms with Crippen molar-refractivity contribution in [2.45, 2.75) is 19.9 Å². The van der Waals surface area contributed by atoms with Crippen molar-refractivity contribution in [3.8, 4) is 17.2 Å². The van der Waals surface area contributed by atoms with E-state index in [9.17, 15) is 14.4 Å². The zero-order valence-electron chi connectivity index (χ0n) is 17.6. The van der Waals surface area contributed by atoms with Crippen LogP contribution in [0, 0.1) is 0 Å². The number of hydrogen-bond donors (Lipinski definition) is 1. The molecule has 3 rings (SSSR count). The molecule has 1 aliphatic heterocycles. The number of nitrogens with zero attached hydrogens (tertiary/aromatic N) is 1. The molecule has 4 amide bonds. The van der Waals surface area contributed by atoms with Gasteiger partial charge in [-0.25, -0.2) is 4.79 Å². The van der Waals surface area contributed by atoms with Gasteiger partial charge in [0.05, 0.1) is 27.4 Å². The molecule has 2 aromatic carbocycles. The molecule has 1 aliphatic rings. The molecule has 8 heteroatoms. The van der Waals surface area contributed by atoms with Crippen LogP contribution in [0.25, 0.3) is 6.08 Å². The maximum atomic E-state index is 13.0. The van der Waals surface area contributed by atoms with Crippen LogP contribution in [-0.4, -0.2) is 43.6 Å². The summed E-state index contributed by atoms with van der Waals surface area (Å²) in [5, 5.41) is 2.22. The van der Waals surface area contributed by atoms with E-state index in [1.807, 2.05) is 6.92 Å². The Hall–Kier alpha value is -3.81. The van der Waals surface area contributed by atoms with E-state index in [4.69, 9.17) is 14.2 Å². The minimum Gasteiger partial charge on any atom is -0.497 e. The summed E-state index contributed by atoms with van der Waals surface area (Å²) >= 11 is 0. The second-order valence-electron chi connectivity index (χ2n) is 6.82. The molecule has 0 aromatic heterocycles. The van der Waals surface area contributed by atoms with Crippen LogP contribution in [0.15, 0.2) is 48.0 Å². The van der Waals surface area contributed by atoms with E-state index in [0.29, 0.717) is 35.0 Å². The molecule has 31 heavy (non-hydrogen) atoms. The summed E-state index contributed by atoms with van der Waals surface area (Å²) in [6.45, 7) is 2.51. The lowest BCUT2D eigenvalue weighted by atomic mass is 10.1.